The van der Waals surface area contributed by atoms with Gasteiger partial charge in [-0.3, -0.25) is 24.1 Å². The predicted octanol–water partition coefficient (Wildman–Crippen LogP) is 0.00430. The first-order valence-corrected chi connectivity index (χ1v) is 13.9. The number of phenols is 1. The van der Waals surface area contributed by atoms with Gasteiger partial charge in [0.2, 0.25) is 11.7 Å². The highest BCUT2D eigenvalue weighted by atomic mass is 16.4. The first-order chi connectivity index (χ1) is 20.6. The SMILES string of the molecule is CC1c2ccc(NC(=O)[C@@H](N)Cc3ccccc3)c(O)c2C(O)=C2C(=O)C3(O)C(O)=C(C(N)=O)C(=O)[C@@H](N(C)C)C3C(O)C21. The van der Waals surface area contributed by atoms with Gasteiger partial charge < -0.3 is 42.3 Å². The molecule has 3 aliphatic rings. The van der Waals surface area contributed by atoms with Crippen LogP contribution in [0.3, 0.4) is 0 Å². The Bertz CT molecular complexity index is 1650. The molecule has 5 rings (SSSR count). The number of phenolic OH excluding ortho intramolecular Hbond substituents is 1. The summed E-state index contributed by atoms with van der Waals surface area (Å²) < 4.78 is 0. The number of carbonyl (C=O) groups is 4. The first-order valence-electron chi connectivity index (χ1n) is 13.9. The molecule has 1 fully saturated rings. The van der Waals surface area contributed by atoms with E-state index >= 15 is 0 Å². The van der Waals surface area contributed by atoms with Crippen LogP contribution in [-0.4, -0.2) is 91.7 Å². The Morgan fingerprint density at radius 2 is 1.70 bits per heavy atom. The van der Waals surface area contributed by atoms with Crippen molar-refractivity contribution in [2.45, 2.75) is 43.1 Å². The molecule has 10 N–H and O–H groups in total. The van der Waals surface area contributed by atoms with E-state index in [4.69, 9.17) is 11.5 Å². The van der Waals surface area contributed by atoms with Crippen LogP contribution in [-0.2, 0) is 25.6 Å². The molecule has 2 aromatic carbocycles. The number of likely N-dealkylation sites (N-methyl/N-ethyl adjacent to an activating group) is 1. The third kappa shape index (κ3) is 4.39. The van der Waals surface area contributed by atoms with Crippen molar-refractivity contribution in [3.63, 3.8) is 0 Å². The average molecular weight is 607 g/mol. The number of nitrogens with zero attached hydrogens (tertiary/aromatic N) is 1. The Kier molecular flexibility index (Phi) is 7.62. The lowest BCUT2D eigenvalue weighted by Crippen LogP contribution is -2.70. The summed E-state index contributed by atoms with van der Waals surface area (Å²) >= 11 is 0. The number of aliphatic hydroxyl groups excluding tert-OH is 3. The molecule has 232 valence electrons. The van der Waals surface area contributed by atoms with Gasteiger partial charge >= 0.3 is 0 Å². The van der Waals surface area contributed by atoms with E-state index in [1.807, 2.05) is 18.2 Å². The second-order valence-corrected chi connectivity index (χ2v) is 11.8. The van der Waals surface area contributed by atoms with Crippen molar-refractivity contribution in [1.29, 1.82) is 0 Å². The number of amides is 2. The number of hydrogen-bond acceptors (Lipinski definition) is 11. The Morgan fingerprint density at radius 3 is 2.30 bits per heavy atom. The van der Waals surface area contributed by atoms with Gasteiger partial charge in [-0.05, 0) is 43.6 Å². The van der Waals surface area contributed by atoms with Crippen LogP contribution in [0, 0.1) is 11.8 Å². The molecule has 13 nitrogen and oxygen atoms in total. The van der Waals surface area contributed by atoms with Crippen LogP contribution < -0.4 is 16.8 Å². The maximum Gasteiger partial charge on any atom is 0.255 e. The molecule has 0 saturated heterocycles. The van der Waals surface area contributed by atoms with E-state index in [1.54, 1.807) is 19.1 Å². The number of hydrogen-bond donors (Lipinski definition) is 8. The molecule has 2 amide bonds. The first kappa shape index (κ1) is 30.9. The van der Waals surface area contributed by atoms with Crippen LogP contribution in [0.2, 0.25) is 0 Å². The number of aromatic hydroxyl groups is 1. The van der Waals surface area contributed by atoms with E-state index in [0.717, 1.165) is 5.56 Å². The molecule has 0 heterocycles. The second kappa shape index (κ2) is 10.9. The summed E-state index contributed by atoms with van der Waals surface area (Å²) in [5.41, 5.74) is 7.63. The molecule has 0 bridgehead atoms. The topological polar surface area (TPSA) is 237 Å². The van der Waals surface area contributed by atoms with Crippen molar-refractivity contribution in [2.75, 3.05) is 19.4 Å². The van der Waals surface area contributed by atoms with Crippen molar-refractivity contribution < 1.29 is 44.7 Å². The van der Waals surface area contributed by atoms with E-state index in [0.29, 0.717) is 5.56 Å². The Morgan fingerprint density at radius 1 is 1.07 bits per heavy atom. The van der Waals surface area contributed by atoms with Gasteiger partial charge in [0.15, 0.2) is 11.4 Å². The number of nitrogens with one attached hydrogen (secondary N) is 1. The fourth-order valence-corrected chi connectivity index (χ4v) is 6.90. The number of anilines is 1. The lowest BCUT2D eigenvalue weighted by molar-refractivity contribution is -0.169. The van der Waals surface area contributed by atoms with Gasteiger partial charge in [-0.25, -0.2) is 0 Å². The van der Waals surface area contributed by atoms with Crippen LogP contribution in [0.25, 0.3) is 5.76 Å². The molecule has 0 aromatic heterocycles. The number of fused-ring (bicyclic) bond motifs is 3. The molecule has 0 aliphatic heterocycles. The van der Waals surface area contributed by atoms with Crippen molar-refractivity contribution >= 4 is 34.8 Å². The lowest BCUT2D eigenvalue weighted by Gasteiger charge is -2.53. The Hall–Kier alpha value is -4.56. The van der Waals surface area contributed by atoms with E-state index in [9.17, 15) is 44.7 Å². The zero-order valence-electron chi connectivity index (χ0n) is 24.2. The van der Waals surface area contributed by atoms with E-state index in [1.165, 1.54) is 31.1 Å². The van der Waals surface area contributed by atoms with Crippen molar-refractivity contribution in [2.24, 2.45) is 23.3 Å². The zero-order valence-corrected chi connectivity index (χ0v) is 24.2. The third-order valence-corrected chi connectivity index (χ3v) is 9.02. The van der Waals surface area contributed by atoms with Gasteiger partial charge in [0, 0.05) is 11.5 Å². The number of aliphatic hydroxyl groups is 4. The fourth-order valence-electron chi connectivity index (χ4n) is 6.90. The molecule has 2 aromatic rings. The van der Waals surface area contributed by atoms with Gasteiger partial charge in [0.25, 0.3) is 5.91 Å². The summed E-state index contributed by atoms with van der Waals surface area (Å²) in [6.45, 7) is 1.62. The molecule has 3 aliphatic carbocycles. The standard InChI is InChI=1S/C31H34N4O9/c1-12-14-9-10-16(34-30(43)15(32)11-13-7-5-4-6-8-13)23(36)18(14)24(37)19-17(12)25(38)21-22(35(2)3)26(39)20(29(33)42)28(41)31(21,44)27(19)40/h4-10,12,15,17,21-22,25,36-38,41,44H,11,32H2,1-3H3,(H2,33,42)(H,34,43)/t12?,15-,17?,21?,22-,25?,31?/m0/s1. The molecular formula is C31H34N4O9. The summed E-state index contributed by atoms with van der Waals surface area (Å²) in [6, 6.07) is 9.51. The molecule has 0 spiro atoms. The highest BCUT2D eigenvalue weighted by Gasteiger charge is 2.68. The number of rotatable bonds is 6. The second-order valence-electron chi connectivity index (χ2n) is 11.8. The van der Waals surface area contributed by atoms with Gasteiger partial charge in [-0.15, -0.1) is 0 Å². The van der Waals surface area contributed by atoms with E-state index in [-0.39, 0.29) is 17.7 Å². The van der Waals surface area contributed by atoms with Gasteiger partial charge in [0.1, 0.15) is 22.8 Å². The van der Waals surface area contributed by atoms with Crippen LogP contribution in [0.5, 0.6) is 5.75 Å². The Balaban J connectivity index is 1.60. The molecule has 44 heavy (non-hydrogen) atoms. The minimum Gasteiger partial charge on any atom is -0.508 e. The smallest absolute Gasteiger partial charge is 0.255 e. The van der Waals surface area contributed by atoms with Crippen LogP contribution in [0.1, 0.15) is 29.5 Å². The normalized spacial score (nSPS) is 28.8. The zero-order chi connectivity index (χ0) is 32.4. The monoisotopic (exact) mass is 606 g/mol. The van der Waals surface area contributed by atoms with Crippen molar-refractivity contribution in [1.82, 2.24) is 4.90 Å². The molecular weight excluding hydrogens is 572 g/mol. The maximum absolute atomic E-state index is 14.1. The molecule has 13 heteroatoms. The summed E-state index contributed by atoms with van der Waals surface area (Å²) in [5, 5.41) is 59.7. The number of carbonyl (C=O) groups excluding carboxylic acids is 4. The Labute approximate surface area is 252 Å². The van der Waals surface area contributed by atoms with Crippen LogP contribution >= 0.6 is 0 Å². The highest BCUT2D eigenvalue weighted by molar-refractivity contribution is 6.24. The molecule has 5 unspecified atom stereocenters. The summed E-state index contributed by atoms with van der Waals surface area (Å²) in [5.74, 6) is -10.6. The number of ketones is 2. The summed E-state index contributed by atoms with van der Waals surface area (Å²) in [4.78, 5) is 53.7. The maximum atomic E-state index is 14.1. The number of Topliss-reactive ketones (excluding diaryl/α,β-unsaturated/α-hetero) is 2. The summed E-state index contributed by atoms with van der Waals surface area (Å²) in [7, 11) is 2.87. The predicted molar refractivity (Wildman–Crippen MR) is 157 cm³/mol. The number of nitrogens with two attached hydrogens (primary N) is 2. The van der Waals surface area contributed by atoms with Gasteiger partial charge in [-0.2, -0.15) is 0 Å². The van der Waals surface area contributed by atoms with E-state index in [2.05, 4.69) is 5.32 Å². The molecule has 0 radical (unpaired) electrons. The molecule has 1 saturated carbocycles. The highest BCUT2D eigenvalue weighted by Crippen LogP contribution is 2.56. The van der Waals surface area contributed by atoms with Crippen LogP contribution in [0.4, 0.5) is 5.69 Å². The van der Waals surface area contributed by atoms with Crippen LogP contribution in [0.15, 0.2) is 59.4 Å². The average Bonchev–Trinajstić information content (AvgIpc) is 2.96. The summed E-state index contributed by atoms with van der Waals surface area (Å²) in [6.07, 6.45) is -1.50. The van der Waals surface area contributed by atoms with E-state index < -0.39 is 93.3 Å². The largest absolute Gasteiger partial charge is 0.508 e. The van der Waals surface area contributed by atoms with Gasteiger partial charge in [-0.1, -0.05) is 43.3 Å². The van der Waals surface area contributed by atoms with Crippen molar-refractivity contribution in [3.05, 3.63) is 76.1 Å². The van der Waals surface area contributed by atoms with Crippen molar-refractivity contribution in [3.8, 4) is 5.75 Å². The minimum absolute atomic E-state index is 0.120. The molecule has 7 atom stereocenters. The minimum atomic E-state index is -3.02. The van der Waals surface area contributed by atoms with Gasteiger partial charge in [0.05, 0.1) is 35.4 Å². The third-order valence-electron chi connectivity index (χ3n) is 9.02. The quantitative estimate of drug-likeness (QED) is 0.161. The lowest BCUT2D eigenvalue weighted by atomic mass is 9.54. The fraction of sp³-hybridized carbons (Fsp3) is 0.355. The number of benzene rings is 2. The number of primary amides is 1.